The molecule has 0 saturated heterocycles. The summed E-state index contributed by atoms with van der Waals surface area (Å²) in [5.74, 6) is 0.416. The van der Waals surface area contributed by atoms with Crippen LogP contribution in [-0.4, -0.2) is 33.5 Å². The number of hydrogen-bond acceptors (Lipinski definition) is 4. The summed E-state index contributed by atoms with van der Waals surface area (Å²) in [6, 6.07) is 13.7. The van der Waals surface area contributed by atoms with Crippen LogP contribution >= 0.6 is 0 Å². The largest absolute Gasteiger partial charge is 0.492 e. The molecule has 1 aliphatic carbocycles. The molecule has 2 aromatic carbocycles. The number of carbonyl (C=O) groups is 1. The van der Waals surface area contributed by atoms with Crippen LogP contribution in [0.15, 0.2) is 53.4 Å². The van der Waals surface area contributed by atoms with Gasteiger partial charge in [-0.2, -0.15) is 0 Å². The highest BCUT2D eigenvalue weighted by Crippen LogP contribution is 2.22. The van der Waals surface area contributed by atoms with Crippen LogP contribution in [0.2, 0.25) is 0 Å². The first-order valence-electron chi connectivity index (χ1n) is 8.54. The fourth-order valence-corrected chi connectivity index (χ4v) is 3.78. The molecule has 1 amide bonds. The molecule has 2 N–H and O–H groups in total. The molecule has 0 spiro atoms. The summed E-state index contributed by atoms with van der Waals surface area (Å²) >= 11 is 0. The van der Waals surface area contributed by atoms with Crippen LogP contribution in [0.4, 0.5) is 0 Å². The molecule has 26 heavy (non-hydrogen) atoms. The minimum absolute atomic E-state index is 0.0243. The van der Waals surface area contributed by atoms with Gasteiger partial charge in [0, 0.05) is 11.6 Å². The van der Waals surface area contributed by atoms with Crippen molar-refractivity contribution in [3.63, 3.8) is 0 Å². The van der Waals surface area contributed by atoms with E-state index in [1.54, 1.807) is 12.1 Å². The van der Waals surface area contributed by atoms with Gasteiger partial charge in [0.25, 0.3) is 5.91 Å². The normalized spacial score (nSPS) is 14.0. The summed E-state index contributed by atoms with van der Waals surface area (Å²) in [7, 11) is -3.57. The van der Waals surface area contributed by atoms with Crippen LogP contribution in [-0.2, 0) is 10.0 Å². The van der Waals surface area contributed by atoms with Gasteiger partial charge in [-0.1, -0.05) is 18.2 Å². The van der Waals surface area contributed by atoms with E-state index in [1.807, 2.05) is 31.2 Å². The average Bonchev–Trinajstić information content (AvgIpc) is 3.42. The Hall–Kier alpha value is -2.38. The highest BCUT2D eigenvalue weighted by Gasteiger charge is 2.28. The van der Waals surface area contributed by atoms with E-state index >= 15 is 0 Å². The fourth-order valence-electron chi connectivity index (χ4n) is 2.43. The van der Waals surface area contributed by atoms with Gasteiger partial charge in [-0.05, 0) is 55.7 Å². The van der Waals surface area contributed by atoms with Crippen LogP contribution in [0.1, 0.15) is 28.8 Å². The Bertz CT molecular complexity index is 892. The van der Waals surface area contributed by atoms with Crippen molar-refractivity contribution in [3.8, 4) is 5.75 Å². The Morgan fingerprint density at radius 2 is 1.92 bits per heavy atom. The molecule has 138 valence electrons. The molecule has 0 atom stereocenters. The standard InChI is InChI=1S/C19H22N2O4S/c1-14-4-2-6-17(12-14)25-11-10-20-19(22)15-5-3-7-18(13-15)26(23,24)21-16-8-9-16/h2-7,12-13,16,21H,8-11H2,1H3,(H,20,22). The lowest BCUT2D eigenvalue weighted by Gasteiger charge is -2.10. The quantitative estimate of drug-likeness (QED) is 0.694. The smallest absolute Gasteiger partial charge is 0.251 e. The number of sulfonamides is 1. The second-order valence-electron chi connectivity index (χ2n) is 6.34. The molecule has 7 heteroatoms. The van der Waals surface area contributed by atoms with Crippen molar-refractivity contribution in [1.82, 2.24) is 10.0 Å². The van der Waals surface area contributed by atoms with Gasteiger partial charge in [0.1, 0.15) is 12.4 Å². The Morgan fingerprint density at radius 1 is 1.15 bits per heavy atom. The summed E-state index contributed by atoms with van der Waals surface area (Å²) in [6.45, 7) is 2.63. The number of benzene rings is 2. The van der Waals surface area contributed by atoms with E-state index in [9.17, 15) is 13.2 Å². The van der Waals surface area contributed by atoms with Crippen molar-refractivity contribution in [1.29, 1.82) is 0 Å². The molecular weight excluding hydrogens is 352 g/mol. The maximum Gasteiger partial charge on any atom is 0.251 e. The predicted octanol–water partition coefficient (Wildman–Crippen LogP) is 2.24. The second kappa shape index (κ2) is 7.88. The van der Waals surface area contributed by atoms with E-state index in [4.69, 9.17) is 4.74 Å². The predicted molar refractivity (Wildman–Crippen MR) is 98.8 cm³/mol. The van der Waals surface area contributed by atoms with Crippen molar-refractivity contribution < 1.29 is 17.9 Å². The topological polar surface area (TPSA) is 84.5 Å². The third kappa shape index (κ3) is 5.06. The minimum atomic E-state index is -3.57. The first kappa shape index (κ1) is 18.4. The van der Waals surface area contributed by atoms with Crippen LogP contribution in [0.3, 0.4) is 0 Å². The van der Waals surface area contributed by atoms with Gasteiger partial charge in [-0.3, -0.25) is 4.79 Å². The van der Waals surface area contributed by atoms with Gasteiger partial charge in [-0.25, -0.2) is 13.1 Å². The Labute approximate surface area is 153 Å². The van der Waals surface area contributed by atoms with Crippen LogP contribution < -0.4 is 14.8 Å². The summed E-state index contributed by atoms with van der Waals surface area (Å²) in [6.07, 6.45) is 1.72. The van der Waals surface area contributed by atoms with Gasteiger partial charge < -0.3 is 10.1 Å². The number of rotatable bonds is 8. The van der Waals surface area contributed by atoms with Gasteiger partial charge in [0.15, 0.2) is 0 Å². The van der Waals surface area contributed by atoms with Gasteiger partial charge in [0.05, 0.1) is 11.4 Å². The third-order valence-corrected chi connectivity index (χ3v) is 5.47. The average molecular weight is 374 g/mol. The zero-order valence-electron chi connectivity index (χ0n) is 14.6. The van der Waals surface area contributed by atoms with Crippen LogP contribution in [0, 0.1) is 6.92 Å². The van der Waals surface area contributed by atoms with E-state index in [1.165, 1.54) is 12.1 Å². The fraction of sp³-hybridized carbons (Fsp3) is 0.316. The Kier molecular flexibility index (Phi) is 5.58. The lowest BCUT2D eigenvalue weighted by molar-refractivity contribution is 0.0946. The Balaban J connectivity index is 1.53. The van der Waals surface area contributed by atoms with Gasteiger partial charge >= 0.3 is 0 Å². The highest BCUT2D eigenvalue weighted by atomic mass is 32.2. The number of carbonyl (C=O) groups excluding carboxylic acids is 1. The Morgan fingerprint density at radius 3 is 2.65 bits per heavy atom. The van der Waals surface area contributed by atoms with E-state index in [2.05, 4.69) is 10.0 Å². The summed E-state index contributed by atoms with van der Waals surface area (Å²) in [5, 5.41) is 2.74. The van der Waals surface area contributed by atoms with Gasteiger partial charge in [-0.15, -0.1) is 0 Å². The molecule has 0 aliphatic heterocycles. The van der Waals surface area contributed by atoms with Crippen LogP contribution in [0.25, 0.3) is 0 Å². The lowest BCUT2D eigenvalue weighted by Crippen LogP contribution is -2.29. The SMILES string of the molecule is Cc1cccc(OCCNC(=O)c2cccc(S(=O)(=O)NC3CC3)c2)c1. The molecule has 2 aromatic rings. The molecule has 1 fully saturated rings. The molecule has 0 aromatic heterocycles. The van der Waals surface area contributed by atoms with Crippen molar-refractivity contribution in [2.45, 2.75) is 30.7 Å². The molecule has 0 unspecified atom stereocenters. The van der Waals surface area contributed by atoms with Gasteiger partial charge in [0.2, 0.25) is 10.0 Å². The molecule has 0 bridgehead atoms. The van der Waals surface area contributed by atoms with E-state index < -0.39 is 10.0 Å². The van der Waals surface area contributed by atoms with Crippen molar-refractivity contribution in [2.75, 3.05) is 13.2 Å². The molecule has 0 heterocycles. The van der Waals surface area contributed by atoms with Crippen molar-refractivity contribution in [2.24, 2.45) is 0 Å². The second-order valence-corrected chi connectivity index (χ2v) is 8.06. The maximum absolute atomic E-state index is 12.2. The highest BCUT2D eigenvalue weighted by molar-refractivity contribution is 7.89. The zero-order chi connectivity index (χ0) is 18.6. The van der Waals surface area contributed by atoms with Crippen LogP contribution in [0.5, 0.6) is 5.75 Å². The monoisotopic (exact) mass is 374 g/mol. The first-order chi connectivity index (χ1) is 12.4. The molecular formula is C19H22N2O4S. The molecule has 1 saturated carbocycles. The van der Waals surface area contributed by atoms with Crippen molar-refractivity contribution in [3.05, 3.63) is 59.7 Å². The zero-order valence-corrected chi connectivity index (χ0v) is 15.4. The number of hydrogen-bond donors (Lipinski definition) is 2. The number of ether oxygens (including phenoxy) is 1. The van der Waals surface area contributed by atoms with E-state index in [0.717, 1.165) is 24.2 Å². The maximum atomic E-state index is 12.2. The number of aryl methyl sites for hydroxylation is 1. The first-order valence-corrected chi connectivity index (χ1v) is 10.0. The number of amides is 1. The van der Waals surface area contributed by atoms with E-state index in [0.29, 0.717) is 18.7 Å². The minimum Gasteiger partial charge on any atom is -0.492 e. The van der Waals surface area contributed by atoms with E-state index in [-0.39, 0.29) is 16.8 Å². The summed E-state index contributed by atoms with van der Waals surface area (Å²) < 4.78 is 32.7. The third-order valence-electron chi connectivity index (χ3n) is 3.95. The number of nitrogens with one attached hydrogen (secondary N) is 2. The molecule has 3 rings (SSSR count). The molecule has 0 radical (unpaired) electrons. The molecule has 1 aliphatic rings. The molecule has 6 nitrogen and oxygen atoms in total. The summed E-state index contributed by atoms with van der Waals surface area (Å²) in [5.41, 5.74) is 1.41. The summed E-state index contributed by atoms with van der Waals surface area (Å²) in [4.78, 5) is 12.3. The van der Waals surface area contributed by atoms with Crippen molar-refractivity contribution >= 4 is 15.9 Å². The lowest BCUT2D eigenvalue weighted by atomic mass is 10.2.